The first-order valence-electron chi connectivity index (χ1n) is 5.04. The van der Waals surface area contributed by atoms with E-state index in [1.165, 1.54) is 30.5 Å². The van der Waals surface area contributed by atoms with E-state index in [1.807, 2.05) is 0 Å². The molecule has 1 aromatic carbocycles. The number of hydrogen-bond acceptors (Lipinski definition) is 3. The SMILES string of the molecule is Nc1ccc(C(=O)Nc2ccc(F)c(Cl)c2)cn1. The van der Waals surface area contributed by atoms with Crippen LogP contribution in [-0.4, -0.2) is 10.9 Å². The molecule has 0 saturated carbocycles. The van der Waals surface area contributed by atoms with Gasteiger partial charge in [0.15, 0.2) is 0 Å². The largest absolute Gasteiger partial charge is 0.384 e. The van der Waals surface area contributed by atoms with Crippen molar-refractivity contribution in [2.24, 2.45) is 0 Å². The van der Waals surface area contributed by atoms with Crippen LogP contribution in [0.3, 0.4) is 0 Å². The van der Waals surface area contributed by atoms with E-state index in [0.29, 0.717) is 17.1 Å². The lowest BCUT2D eigenvalue weighted by atomic mass is 10.2. The lowest BCUT2D eigenvalue weighted by Gasteiger charge is -2.05. The number of hydrogen-bond donors (Lipinski definition) is 2. The molecule has 2 rings (SSSR count). The number of rotatable bonds is 2. The monoisotopic (exact) mass is 265 g/mol. The van der Waals surface area contributed by atoms with Crippen LogP contribution in [0.5, 0.6) is 0 Å². The second-order valence-corrected chi connectivity index (χ2v) is 3.96. The fourth-order valence-electron chi connectivity index (χ4n) is 1.32. The first-order valence-corrected chi connectivity index (χ1v) is 5.42. The molecule has 2 aromatic rings. The minimum atomic E-state index is -0.538. The van der Waals surface area contributed by atoms with Gasteiger partial charge in [0.1, 0.15) is 11.6 Å². The molecule has 0 radical (unpaired) electrons. The van der Waals surface area contributed by atoms with Gasteiger partial charge in [0.25, 0.3) is 5.91 Å². The average Bonchev–Trinajstić information content (AvgIpc) is 2.34. The summed E-state index contributed by atoms with van der Waals surface area (Å²) in [5, 5.41) is 2.52. The van der Waals surface area contributed by atoms with Gasteiger partial charge in [-0.15, -0.1) is 0 Å². The zero-order valence-corrected chi connectivity index (χ0v) is 9.91. The summed E-state index contributed by atoms with van der Waals surface area (Å²) in [6.07, 6.45) is 1.36. The van der Waals surface area contributed by atoms with Crippen LogP contribution in [-0.2, 0) is 0 Å². The minimum Gasteiger partial charge on any atom is -0.384 e. The third kappa shape index (κ3) is 2.75. The second-order valence-electron chi connectivity index (χ2n) is 3.55. The molecule has 1 aromatic heterocycles. The zero-order valence-electron chi connectivity index (χ0n) is 9.15. The maximum atomic E-state index is 12.9. The molecular weight excluding hydrogens is 257 g/mol. The highest BCUT2D eigenvalue weighted by molar-refractivity contribution is 6.31. The predicted octanol–water partition coefficient (Wildman–Crippen LogP) is 2.71. The highest BCUT2D eigenvalue weighted by Gasteiger charge is 2.07. The quantitative estimate of drug-likeness (QED) is 0.877. The standard InChI is InChI=1S/C12H9ClFN3O/c13-9-5-8(2-3-10(9)14)17-12(18)7-1-4-11(15)16-6-7/h1-6H,(H2,15,16)(H,17,18). The van der Waals surface area contributed by atoms with Crippen molar-refractivity contribution in [1.29, 1.82) is 0 Å². The van der Waals surface area contributed by atoms with Gasteiger partial charge in [-0.05, 0) is 30.3 Å². The van der Waals surface area contributed by atoms with Crippen molar-refractivity contribution < 1.29 is 9.18 Å². The molecule has 0 spiro atoms. The molecular formula is C12H9ClFN3O. The molecule has 0 aliphatic heterocycles. The van der Waals surface area contributed by atoms with Crippen molar-refractivity contribution in [3.8, 4) is 0 Å². The lowest BCUT2D eigenvalue weighted by molar-refractivity contribution is 0.102. The van der Waals surface area contributed by atoms with Crippen LogP contribution in [0.15, 0.2) is 36.5 Å². The van der Waals surface area contributed by atoms with Gasteiger partial charge < -0.3 is 11.1 Å². The number of carbonyl (C=O) groups excluding carboxylic acids is 1. The average molecular weight is 266 g/mol. The summed E-state index contributed by atoms with van der Waals surface area (Å²) in [6, 6.07) is 7.00. The molecule has 0 saturated heterocycles. The topological polar surface area (TPSA) is 68.0 Å². The summed E-state index contributed by atoms with van der Waals surface area (Å²) in [5.41, 5.74) is 6.17. The molecule has 6 heteroatoms. The van der Waals surface area contributed by atoms with Gasteiger partial charge in [0, 0.05) is 11.9 Å². The Hall–Kier alpha value is -2.14. The van der Waals surface area contributed by atoms with Crippen LogP contribution >= 0.6 is 11.6 Å². The number of carbonyl (C=O) groups is 1. The smallest absolute Gasteiger partial charge is 0.257 e. The molecule has 1 heterocycles. The van der Waals surface area contributed by atoms with Crippen molar-refractivity contribution in [1.82, 2.24) is 4.98 Å². The Morgan fingerprint density at radius 3 is 2.72 bits per heavy atom. The van der Waals surface area contributed by atoms with E-state index in [4.69, 9.17) is 17.3 Å². The van der Waals surface area contributed by atoms with Gasteiger partial charge in [-0.25, -0.2) is 9.37 Å². The predicted molar refractivity (Wildman–Crippen MR) is 68.0 cm³/mol. The van der Waals surface area contributed by atoms with Gasteiger partial charge in [-0.2, -0.15) is 0 Å². The number of aromatic nitrogens is 1. The molecule has 0 aliphatic rings. The molecule has 18 heavy (non-hydrogen) atoms. The molecule has 0 aliphatic carbocycles. The zero-order chi connectivity index (χ0) is 13.1. The van der Waals surface area contributed by atoms with E-state index in [1.54, 1.807) is 6.07 Å². The van der Waals surface area contributed by atoms with E-state index >= 15 is 0 Å². The Kier molecular flexibility index (Phi) is 3.43. The molecule has 0 fully saturated rings. The van der Waals surface area contributed by atoms with Crippen molar-refractivity contribution in [3.05, 3.63) is 52.9 Å². The number of pyridine rings is 1. The first kappa shape index (κ1) is 12.3. The number of nitrogens with one attached hydrogen (secondary N) is 1. The Bertz CT molecular complexity index is 586. The van der Waals surface area contributed by atoms with E-state index in [-0.39, 0.29) is 10.9 Å². The van der Waals surface area contributed by atoms with Gasteiger partial charge >= 0.3 is 0 Å². The molecule has 92 valence electrons. The second kappa shape index (κ2) is 5.01. The summed E-state index contributed by atoms with van der Waals surface area (Å²) in [7, 11) is 0. The minimum absolute atomic E-state index is 0.0526. The van der Waals surface area contributed by atoms with Crippen LogP contribution in [0, 0.1) is 5.82 Å². The van der Waals surface area contributed by atoms with Crippen LogP contribution in [0.4, 0.5) is 15.9 Å². The van der Waals surface area contributed by atoms with Crippen molar-refractivity contribution in [2.75, 3.05) is 11.1 Å². The maximum absolute atomic E-state index is 12.9. The first-order chi connectivity index (χ1) is 8.56. The van der Waals surface area contributed by atoms with Crippen LogP contribution < -0.4 is 11.1 Å². The summed E-state index contributed by atoms with van der Waals surface area (Å²) in [6.45, 7) is 0. The summed E-state index contributed by atoms with van der Waals surface area (Å²) in [4.78, 5) is 15.6. The number of amides is 1. The third-order valence-corrected chi connectivity index (χ3v) is 2.52. The Labute approximate surface area is 108 Å². The Morgan fingerprint density at radius 2 is 2.11 bits per heavy atom. The summed E-state index contributed by atoms with van der Waals surface area (Å²) >= 11 is 5.61. The normalized spacial score (nSPS) is 10.1. The number of nitrogen functional groups attached to an aromatic ring is 1. The highest BCUT2D eigenvalue weighted by atomic mass is 35.5. The van der Waals surface area contributed by atoms with Gasteiger partial charge in [-0.1, -0.05) is 11.6 Å². The van der Waals surface area contributed by atoms with Gasteiger partial charge in [0.05, 0.1) is 10.6 Å². The maximum Gasteiger partial charge on any atom is 0.257 e. The third-order valence-electron chi connectivity index (χ3n) is 2.23. The lowest BCUT2D eigenvalue weighted by Crippen LogP contribution is -2.12. The fourth-order valence-corrected chi connectivity index (χ4v) is 1.50. The van der Waals surface area contributed by atoms with Gasteiger partial charge in [0.2, 0.25) is 0 Å². The number of nitrogens with two attached hydrogens (primary N) is 1. The molecule has 4 nitrogen and oxygen atoms in total. The molecule has 0 unspecified atom stereocenters. The van der Waals surface area contributed by atoms with Crippen molar-refractivity contribution >= 4 is 29.0 Å². The molecule has 0 atom stereocenters. The van der Waals surface area contributed by atoms with Crippen LogP contribution in [0.2, 0.25) is 5.02 Å². The van der Waals surface area contributed by atoms with E-state index < -0.39 is 5.82 Å². The van der Waals surface area contributed by atoms with Crippen LogP contribution in [0.25, 0.3) is 0 Å². The van der Waals surface area contributed by atoms with E-state index in [0.717, 1.165) is 0 Å². The van der Waals surface area contributed by atoms with Gasteiger partial charge in [-0.3, -0.25) is 4.79 Å². The molecule has 0 bridgehead atoms. The number of benzene rings is 1. The molecule has 3 N–H and O–H groups in total. The van der Waals surface area contributed by atoms with Crippen molar-refractivity contribution in [3.63, 3.8) is 0 Å². The van der Waals surface area contributed by atoms with E-state index in [9.17, 15) is 9.18 Å². The number of halogens is 2. The summed E-state index contributed by atoms with van der Waals surface area (Å²) in [5.74, 6) is -0.578. The molecule has 1 amide bonds. The number of anilines is 2. The van der Waals surface area contributed by atoms with Crippen LogP contribution in [0.1, 0.15) is 10.4 Å². The number of nitrogens with zero attached hydrogens (tertiary/aromatic N) is 1. The van der Waals surface area contributed by atoms with Crippen molar-refractivity contribution in [2.45, 2.75) is 0 Å². The summed E-state index contributed by atoms with van der Waals surface area (Å²) < 4.78 is 12.9. The fraction of sp³-hybridized carbons (Fsp3) is 0. The Balaban J connectivity index is 2.16. The highest BCUT2D eigenvalue weighted by Crippen LogP contribution is 2.19. The Morgan fingerprint density at radius 1 is 1.33 bits per heavy atom. The van der Waals surface area contributed by atoms with E-state index in [2.05, 4.69) is 10.3 Å².